The highest BCUT2D eigenvalue weighted by Crippen LogP contribution is 2.41. The number of nitrogens with zero attached hydrogens (tertiary/aromatic N) is 2. The van der Waals surface area contributed by atoms with Gasteiger partial charge in [0, 0.05) is 27.9 Å². The Labute approximate surface area is 200 Å². The topological polar surface area (TPSA) is 88.4 Å². The summed E-state index contributed by atoms with van der Waals surface area (Å²) < 4.78 is 23.3. The van der Waals surface area contributed by atoms with Crippen molar-refractivity contribution in [2.75, 3.05) is 27.9 Å². The second-order valence-electron chi connectivity index (χ2n) is 8.35. The molecule has 3 heterocycles. The molecule has 5 aromatic rings. The van der Waals surface area contributed by atoms with Crippen molar-refractivity contribution < 1.29 is 23.7 Å². The Bertz CT molecular complexity index is 1700. The van der Waals surface area contributed by atoms with Crippen molar-refractivity contribution in [2.24, 2.45) is 0 Å². The number of aromatic nitrogens is 2. The summed E-state index contributed by atoms with van der Waals surface area (Å²) in [7, 11) is 4.36. The van der Waals surface area contributed by atoms with Gasteiger partial charge in [0.15, 0.2) is 18.1 Å². The summed E-state index contributed by atoms with van der Waals surface area (Å²) in [6.07, 6.45) is 2.23. The number of esters is 1. The van der Waals surface area contributed by atoms with Crippen molar-refractivity contribution in [3.8, 4) is 17.2 Å². The molecular weight excluding hydrogens is 448 g/mol. The van der Waals surface area contributed by atoms with Crippen molar-refractivity contribution in [3.05, 3.63) is 64.6 Å². The standard InChI is InChI=1S/C27H24N2O6/c1-14(2)12-17-19(35-13-21(30)33-4)9-7-18-22(17)16-10-11-28-24-15-6-8-20(32-3)26(34-5)23(15)27(31)29(18)25(16)24/h6-11H,1,12-13H2,2-5H3. The molecule has 8 heteroatoms. The minimum absolute atomic E-state index is 0.224. The second kappa shape index (κ2) is 8.47. The van der Waals surface area contributed by atoms with Crippen LogP contribution in [0.4, 0.5) is 0 Å². The molecule has 0 fully saturated rings. The minimum Gasteiger partial charge on any atom is -0.493 e. The molecule has 0 aliphatic rings. The van der Waals surface area contributed by atoms with E-state index in [2.05, 4.69) is 11.6 Å². The van der Waals surface area contributed by atoms with E-state index in [0.29, 0.717) is 51.0 Å². The fourth-order valence-corrected chi connectivity index (χ4v) is 4.77. The van der Waals surface area contributed by atoms with Gasteiger partial charge in [-0.2, -0.15) is 0 Å². The Morgan fingerprint density at radius 1 is 1.00 bits per heavy atom. The van der Waals surface area contributed by atoms with E-state index in [0.717, 1.165) is 21.9 Å². The summed E-state index contributed by atoms with van der Waals surface area (Å²) in [5.41, 5.74) is 3.60. The molecule has 0 aliphatic carbocycles. The van der Waals surface area contributed by atoms with Gasteiger partial charge in [0.2, 0.25) is 0 Å². The lowest BCUT2D eigenvalue weighted by Gasteiger charge is -2.13. The molecule has 0 spiro atoms. The van der Waals surface area contributed by atoms with Crippen LogP contribution in [0.1, 0.15) is 12.5 Å². The third-order valence-electron chi connectivity index (χ3n) is 6.18. The molecule has 0 aliphatic heterocycles. The zero-order valence-corrected chi connectivity index (χ0v) is 19.9. The molecule has 0 bridgehead atoms. The number of fused-ring (bicyclic) bond motifs is 5. The Morgan fingerprint density at radius 3 is 2.46 bits per heavy atom. The van der Waals surface area contributed by atoms with Gasteiger partial charge in [0.1, 0.15) is 5.75 Å². The van der Waals surface area contributed by atoms with Crippen LogP contribution in [-0.4, -0.2) is 43.3 Å². The minimum atomic E-state index is -0.482. The van der Waals surface area contributed by atoms with E-state index in [-0.39, 0.29) is 12.2 Å². The highest BCUT2D eigenvalue weighted by Gasteiger charge is 2.24. The monoisotopic (exact) mass is 472 g/mol. The first kappa shape index (κ1) is 22.5. The van der Waals surface area contributed by atoms with Crippen LogP contribution >= 0.6 is 0 Å². The Kier molecular flexibility index (Phi) is 5.43. The number of allylic oxidation sites excluding steroid dienone is 1. The maximum Gasteiger partial charge on any atom is 0.343 e. The molecule has 0 unspecified atom stereocenters. The van der Waals surface area contributed by atoms with Crippen LogP contribution < -0.4 is 19.8 Å². The average Bonchev–Trinajstić information content (AvgIpc) is 3.21. The fraction of sp³-hybridized carbons (Fsp3) is 0.222. The molecule has 0 radical (unpaired) electrons. The molecule has 0 amide bonds. The number of hydrogen-bond donors (Lipinski definition) is 0. The van der Waals surface area contributed by atoms with Gasteiger partial charge in [0.25, 0.3) is 5.56 Å². The van der Waals surface area contributed by atoms with Crippen molar-refractivity contribution in [3.63, 3.8) is 0 Å². The maximum absolute atomic E-state index is 14.0. The van der Waals surface area contributed by atoms with Gasteiger partial charge in [-0.25, -0.2) is 4.79 Å². The Morgan fingerprint density at radius 2 is 1.77 bits per heavy atom. The predicted molar refractivity (Wildman–Crippen MR) is 134 cm³/mol. The first-order valence-electron chi connectivity index (χ1n) is 11.0. The second-order valence-corrected chi connectivity index (χ2v) is 8.35. The fourth-order valence-electron chi connectivity index (χ4n) is 4.77. The summed E-state index contributed by atoms with van der Waals surface area (Å²) in [5, 5.41) is 2.78. The third kappa shape index (κ3) is 3.32. The number of methoxy groups -OCH3 is 3. The van der Waals surface area contributed by atoms with Gasteiger partial charge < -0.3 is 18.9 Å². The van der Waals surface area contributed by atoms with Gasteiger partial charge in [0.05, 0.1) is 43.3 Å². The lowest BCUT2D eigenvalue weighted by molar-refractivity contribution is -0.142. The highest BCUT2D eigenvalue weighted by atomic mass is 16.6. The first-order valence-corrected chi connectivity index (χ1v) is 11.0. The van der Waals surface area contributed by atoms with E-state index in [1.165, 1.54) is 21.3 Å². The molecule has 35 heavy (non-hydrogen) atoms. The lowest BCUT2D eigenvalue weighted by atomic mass is 9.99. The van der Waals surface area contributed by atoms with Crippen LogP contribution in [0.5, 0.6) is 17.2 Å². The van der Waals surface area contributed by atoms with Crippen LogP contribution in [0.15, 0.2) is 53.5 Å². The summed E-state index contributed by atoms with van der Waals surface area (Å²) in [6.45, 7) is 5.77. The first-order chi connectivity index (χ1) is 16.9. The number of benzene rings is 2. The number of carbonyl (C=O) groups excluding carboxylic acids is 1. The molecule has 8 nitrogen and oxygen atoms in total. The molecule has 3 aromatic heterocycles. The zero-order chi connectivity index (χ0) is 24.9. The van der Waals surface area contributed by atoms with E-state index in [1.807, 2.05) is 25.1 Å². The predicted octanol–water partition coefficient (Wildman–Crippen LogP) is 4.28. The van der Waals surface area contributed by atoms with Crippen molar-refractivity contribution in [2.45, 2.75) is 13.3 Å². The van der Waals surface area contributed by atoms with Crippen LogP contribution in [0.2, 0.25) is 0 Å². The van der Waals surface area contributed by atoms with Gasteiger partial charge in [-0.3, -0.25) is 14.2 Å². The van der Waals surface area contributed by atoms with Crippen molar-refractivity contribution in [1.29, 1.82) is 0 Å². The molecule has 5 rings (SSSR count). The zero-order valence-electron chi connectivity index (χ0n) is 19.9. The molecule has 0 atom stereocenters. The summed E-state index contributed by atoms with van der Waals surface area (Å²) in [5.74, 6) is 0.881. The van der Waals surface area contributed by atoms with Crippen molar-refractivity contribution in [1.82, 2.24) is 9.38 Å². The van der Waals surface area contributed by atoms with Gasteiger partial charge in [-0.1, -0.05) is 12.2 Å². The van der Waals surface area contributed by atoms with Crippen LogP contribution in [0, 0.1) is 0 Å². The van der Waals surface area contributed by atoms with E-state index in [9.17, 15) is 9.59 Å². The summed E-state index contributed by atoms with van der Waals surface area (Å²) in [4.78, 5) is 30.4. The molecule has 0 saturated carbocycles. The largest absolute Gasteiger partial charge is 0.493 e. The average molecular weight is 472 g/mol. The lowest BCUT2D eigenvalue weighted by Crippen LogP contribution is -2.15. The van der Waals surface area contributed by atoms with Gasteiger partial charge in [-0.15, -0.1) is 0 Å². The Hall–Kier alpha value is -4.33. The number of hydrogen-bond acceptors (Lipinski definition) is 7. The highest BCUT2D eigenvalue weighted by molar-refractivity contribution is 6.20. The normalized spacial score (nSPS) is 11.4. The van der Waals surface area contributed by atoms with Crippen LogP contribution in [-0.2, 0) is 16.0 Å². The number of carbonyl (C=O) groups is 1. The van der Waals surface area contributed by atoms with E-state index < -0.39 is 5.97 Å². The van der Waals surface area contributed by atoms with Gasteiger partial charge >= 0.3 is 5.97 Å². The maximum atomic E-state index is 14.0. The Balaban J connectivity index is 1.96. The quantitative estimate of drug-likeness (QED) is 0.198. The number of pyridine rings is 2. The van der Waals surface area contributed by atoms with E-state index in [4.69, 9.17) is 18.9 Å². The SMILES string of the molecule is C=C(C)Cc1c(OCC(=O)OC)ccc2c1c1ccnc3c4ccc(OC)c(OC)c4c(=O)n2c13. The van der Waals surface area contributed by atoms with Crippen LogP contribution in [0.25, 0.3) is 38.1 Å². The number of rotatable bonds is 7. The van der Waals surface area contributed by atoms with Gasteiger partial charge in [-0.05, 0) is 43.7 Å². The van der Waals surface area contributed by atoms with Crippen LogP contribution in [0.3, 0.4) is 0 Å². The third-order valence-corrected chi connectivity index (χ3v) is 6.18. The van der Waals surface area contributed by atoms with E-state index in [1.54, 1.807) is 22.7 Å². The summed E-state index contributed by atoms with van der Waals surface area (Å²) >= 11 is 0. The summed E-state index contributed by atoms with van der Waals surface area (Å²) in [6, 6.07) is 9.09. The molecule has 178 valence electrons. The molecule has 0 saturated heterocycles. The molecule has 2 aromatic carbocycles. The molecule has 0 N–H and O–H groups in total. The smallest absolute Gasteiger partial charge is 0.343 e. The number of ether oxygens (including phenoxy) is 4. The van der Waals surface area contributed by atoms with E-state index >= 15 is 0 Å². The van der Waals surface area contributed by atoms with Crippen molar-refractivity contribution >= 4 is 44.1 Å². The molecular formula is C27H24N2O6.